The number of likely N-dealkylation sites (tertiary alicyclic amines) is 1. The Balaban J connectivity index is 2.07. The van der Waals surface area contributed by atoms with Gasteiger partial charge in [-0.15, -0.1) is 0 Å². The number of amidine groups is 1. The van der Waals surface area contributed by atoms with Crippen molar-refractivity contribution in [3.05, 3.63) is 29.6 Å². The summed E-state index contributed by atoms with van der Waals surface area (Å²) in [5, 5.41) is 11.7. The summed E-state index contributed by atoms with van der Waals surface area (Å²) in [7, 11) is 0. The number of nitrogens with zero attached hydrogens (tertiary/aromatic N) is 3. The summed E-state index contributed by atoms with van der Waals surface area (Å²) in [5.41, 5.74) is 7.62. The Morgan fingerprint density at radius 2 is 2.37 bits per heavy atom. The van der Waals surface area contributed by atoms with E-state index in [1.54, 1.807) is 6.20 Å². The highest BCUT2D eigenvalue weighted by Crippen LogP contribution is 2.29. The second-order valence-electron chi connectivity index (χ2n) is 6.01. The molecule has 0 bridgehead atoms. The molecule has 104 valence electrons. The van der Waals surface area contributed by atoms with E-state index in [0.29, 0.717) is 11.1 Å². The van der Waals surface area contributed by atoms with E-state index in [9.17, 15) is 0 Å². The predicted molar refractivity (Wildman–Crippen MR) is 75.0 cm³/mol. The lowest BCUT2D eigenvalue weighted by Gasteiger charge is -2.38. The number of piperidine rings is 1. The molecule has 1 aromatic rings. The minimum atomic E-state index is 0.0563. The first-order chi connectivity index (χ1) is 9.00. The minimum Gasteiger partial charge on any atom is -0.409 e. The third-order valence-corrected chi connectivity index (χ3v) is 3.58. The minimum absolute atomic E-state index is 0.0563. The van der Waals surface area contributed by atoms with Gasteiger partial charge in [-0.2, -0.15) is 0 Å². The second kappa shape index (κ2) is 5.57. The average Bonchev–Trinajstić information content (AvgIpc) is 2.37. The molecule has 19 heavy (non-hydrogen) atoms. The Bertz CT molecular complexity index is 470. The zero-order chi connectivity index (χ0) is 13.9. The first-order valence-electron chi connectivity index (χ1n) is 6.65. The van der Waals surface area contributed by atoms with E-state index < -0.39 is 0 Å². The van der Waals surface area contributed by atoms with Gasteiger partial charge in [0, 0.05) is 19.3 Å². The molecule has 0 amide bonds. The van der Waals surface area contributed by atoms with Crippen molar-refractivity contribution in [1.29, 1.82) is 0 Å². The first-order valence-corrected chi connectivity index (χ1v) is 6.65. The molecule has 0 unspecified atom stereocenters. The van der Waals surface area contributed by atoms with Crippen LogP contribution in [0.25, 0.3) is 0 Å². The fourth-order valence-electron chi connectivity index (χ4n) is 2.70. The van der Waals surface area contributed by atoms with Crippen molar-refractivity contribution in [2.45, 2.75) is 33.2 Å². The second-order valence-corrected chi connectivity index (χ2v) is 6.01. The van der Waals surface area contributed by atoms with Crippen LogP contribution in [0.1, 0.15) is 37.9 Å². The topological polar surface area (TPSA) is 74.7 Å². The van der Waals surface area contributed by atoms with E-state index in [1.807, 2.05) is 12.1 Å². The van der Waals surface area contributed by atoms with Crippen LogP contribution in [-0.4, -0.2) is 34.0 Å². The number of aromatic nitrogens is 1. The van der Waals surface area contributed by atoms with Crippen molar-refractivity contribution < 1.29 is 5.21 Å². The highest BCUT2D eigenvalue weighted by Gasteiger charge is 2.26. The Labute approximate surface area is 114 Å². The fourth-order valence-corrected chi connectivity index (χ4v) is 2.70. The lowest BCUT2D eigenvalue weighted by molar-refractivity contribution is 0.111. The molecule has 1 aromatic heterocycles. The zero-order valence-electron chi connectivity index (χ0n) is 11.6. The van der Waals surface area contributed by atoms with Gasteiger partial charge in [0.05, 0.1) is 0 Å². The van der Waals surface area contributed by atoms with Crippen LogP contribution in [0, 0.1) is 5.41 Å². The number of hydrogen-bond acceptors (Lipinski definition) is 4. The molecule has 0 saturated carbocycles. The summed E-state index contributed by atoms with van der Waals surface area (Å²) in [5.74, 6) is 0.0563. The maximum absolute atomic E-state index is 8.68. The maximum Gasteiger partial charge on any atom is 0.188 e. The number of nitrogens with two attached hydrogens (primary N) is 1. The predicted octanol–water partition coefficient (Wildman–Crippen LogP) is 1.80. The van der Waals surface area contributed by atoms with E-state index in [1.165, 1.54) is 12.8 Å². The standard InChI is InChI=1S/C14H22N4O/c1-14(2)5-3-7-18(10-14)9-11-4-6-16-12(8-11)13(15)17-19/h4,6,8,19H,3,5,7,9-10H2,1-2H3,(H2,15,17). The molecule has 5 nitrogen and oxygen atoms in total. The van der Waals surface area contributed by atoms with Gasteiger partial charge in [0.15, 0.2) is 5.84 Å². The van der Waals surface area contributed by atoms with Gasteiger partial charge in [-0.05, 0) is 42.5 Å². The van der Waals surface area contributed by atoms with E-state index in [2.05, 4.69) is 28.9 Å². The monoisotopic (exact) mass is 262 g/mol. The van der Waals surface area contributed by atoms with E-state index >= 15 is 0 Å². The third kappa shape index (κ3) is 3.67. The lowest BCUT2D eigenvalue weighted by Crippen LogP contribution is -2.39. The van der Waals surface area contributed by atoms with Crippen LogP contribution in [0.3, 0.4) is 0 Å². The summed E-state index contributed by atoms with van der Waals surface area (Å²) >= 11 is 0. The van der Waals surface area contributed by atoms with Gasteiger partial charge in [0.25, 0.3) is 0 Å². The molecular weight excluding hydrogens is 240 g/mol. The van der Waals surface area contributed by atoms with Gasteiger partial charge < -0.3 is 10.9 Å². The molecule has 0 aliphatic carbocycles. The summed E-state index contributed by atoms with van der Waals surface area (Å²) in [6.45, 7) is 7.75. The summed E-state index contributed by atoms with van der Waals surface area (Å²) in [6, 6.07) is 3.87. The maximum atomic E-state index is 8.68. The summed E-state index contributed by atoms with van der Waals surface area (Å²) in [4.78, 5) is 6.55. The Morgan fingerprint density at radius 3 is 3.05 bits per heavy atom. The molecule has 0 radical (unpaired) electrons. The van der Waals surface area contributed by atoms with E-state index in [-0.39, 0.29) is 5.84 Å². The number of pyridine rings is 1. The number of rotatable bonds is 3. The van der Waals surface area contributed by atoms with Gasteiger partial charge in [-0.3, -0.25) is 9.88 Å². The fraction of sp³-hybridized carbons (Fsp3) is 0.571. The largest absolute Gasteiger partial charge is 0.409 e. The van der Waals surface area contributed by atoms with Crippen LogP contribution in [0.15, 0.2) is 23.5 Å². The van der Waals surface area contributed by atoms with Crippen LogP contribution in [0.5, 0.6) is 0 Å². The van der Waals surface area contributed by atoms with Gasteiger partial charge in [-0.1, -0.05) is 19.0 Å². The van der Waals surface area contributed by atoms with E-state index in [0.717, 1.165) is 25.2 Å². The number of oxime groups is 1. The van der Waals surface area contributed by atoms with Crippen molar-refractivity contribution in [2.24, 2.45) is 16.3 Å². The Morgan fingerprint density at radius 1 is 1.58 bits per heavy atom. The molecule has 0 spiro atoms. The molecule has 0 atom stereocenters. The smallest absolute Gasteiger partial charge is 0.188 e. The van der Waals surface area contributed by atoms with Crippen molar-refractivity contribution >= 4 is 5.84 Å². The highest BCUT2D eigenvalue weighted by molar-refractivity contribution is 5.95. The van der Waals surface area contributed by atoms with Crippen molar-refractivity contribution in [3.8, 4) is 0 Å². The van der Waals surface area contributed by atoms with Crippen LogP contribution in [-0.2, 0) is 6.54 Å². The van der Waals surface area contributed by atoms with Crippen molar-refractivity contribution in [3.63, 3.8) is 0 Å². The van der Waals surface area contributed by atoms with Gasteiger partial charge in [0.1, 0.15) is 5.69 Å². The first kappa shape index (κ1) is 13.8. The molecule has 3 N–H and O–H groups in total. The molecular formula is C14H22N4O. The average molecular weight is 262 g/mol. The van der Waals surface area contributed by atoms with Crippen LogP contribution < -0.4 is 5.73 Å². The highest BCUT2D eigenvalue weighted by atomic mass is 16.4. The Hall–Kier alpha value is -1.62. The number of hydrogen-bond donors (Lipinski definition) is 2. The van der Waals surface area contributed by atoms with Gasteiger partial charge in [0.2, 0.25) is 0 Å². The lowest BCUT2D eigenvalue weighted by atomic mass is 9.84. The van der Waals surface area contributed by atoms with Gasteiger partial charge >= 0.3 is 0 Å². The molecule has 1 saturated heterocycles. The SMILES string of the molecule is CC1(C)CCCN(Cc2ccnc(C(N)=NO)c2)C1. The van der Waals surface area contributed by atoms with Crippen molar-refractivity contribution in [1.82, 2.24) is 9.88 Å². The third-order valence-electron chi connectivity index (χ3n) is 3.58. The summed E-state index contributed by atoms with van der Waals surface area (Å²) < 4.78 is 0. The molecule has 1 aliphatic rings. The zero-order valence-corrected chi connectivity index (χ0v) is 11.6. The quantitative estimate of drug-likeness (QED) is 0.377. The van der Waals surface area contributed by atoms with Crippen molar-refractivity contribution in [2.75, 3.05) is 13.1 Å². The van der Waals surface area contributed by atoms with Crippen LogP contribution in [0.2, 0.25) is 0 Å². The van der Waals surface area contributed by atoms with Crippen LogP contribution >= 0.6 is 0 Å². The van der Waals surface area contributed by atoms with E-state index in [4.69, 9.17) is 10.9 Å². The van der Waals surface area contributed by atoms with Gasteiger partial charge in [-0.25, -0.2) is 0 Å². The van der Waals surface area contributed by atoms with Crippen LogP contribution in [0.4, 0.5) is 0 Å². The Kier molecular flexibility index (Phi) is 4.04. The molecule has 1 fully saturated rings. The molecule has 5 heteroatoms. The normalized spacial score (nSPS) is 20.4. The molecule has 2 heterocycles. The molecule has 0 aromatic carbocycles. The molecule has 2 rings (SSSR count). The summed E-state index contributed by atoms with van der Waals surface area (Å²) in [6.07, 6.45) is 4.23. The molecule has 1 aliphatic heterocycles.